The molecule has 100 valence electrons. The van der Waals surface area contributed by atoms with Crippen molar-refractivity contribution in [3.05, 3.63) is 36.4 Å². The molecule has 0 aliphatic rings. The lowest BCUT2D eigenvalue weighted by atomic mass is 10.1. The van der Waals surface area contributed by atoms with Crippen molar-refractivity contribution in [1.29, 1.82) is 0 Å². The van der Waals surface area contributed by atoms with Gasteiger partial charge < -0.3 is 10.2 Å². The highest BCUT2D eigenvalue weighted by Gasteiger charge is 2.10. The molecule has 0 radical (unpaired) electrons. The number of carboxylic acids is 1. The first-order valence-corrected chi connectivity index (χ1v) is 7.05. The maximum absolute atomic E-state index is 10.6. The van der Waals surface area contributed by atoms with E-state index in [4.69, 9.17) is 5.11 Å². The Bertz CT molecular complexity index is 595. The zero-order chi connectivity index (χ0) is 13.8. The molecule has 1 atom stereocenters. The fraction of sp³-hybridized carbons (Fsp3) is 0.267. The first kappa shape index (κ1) is 13.7. The van der Waals surface area contributed by atoms with Gasteiger partial charge in [-0.15, -0.1) is 11.8 Å². The van der Waals surface area contributed by atoms with E-state index in [2.05, 4.69) is 0 Å². The fourth-order valence-electron chi connectivity index (χ4n) is 1.96. The molecule has 0 fully saturated rings. The first-order valence-electron chi connectivity index (χ1n) is 6.17. The summed E-state index contributed by atoms with van der Waals surface area (Å²) in [6.07, 6.45) is 0.819. The van der Waals surface area contributed by atoms with Crippen LogP contribution in [0.5, 0.6) is 5.75 Å². The molecular formula is C15H16O3S. The van der Waals surface area contributed by atoms with E-state index in [1.165, 1.54) is 0 Å². The van der Waals surface area contributed by atoms with Gasteiger partial charge in [0.05, 0.1) is 0 Å². The van der Waals surface area contributed by atoms with E-state index in [1.54, 1.807) is 17.8 Å². The van der Waals surface area contributed by atoms with E-state index in [0.717, 1.165) is 15.7 Å². The monoisotopic (exact) mass is 276 g/mol. The minimum Gasteiger partial charge on any atom is -0.507 e. The third-order valence-corrected chi connectivity index (χ3v) is 4.20. The predicted octanol–water partition coefficient (Wildman–Crippen LogP) is 3.89. The van der Waals surface area contributed by atoms with Crippen molar-refractivity contribution < 1.29 is 15.0 Å². The van der Waals surface area contributed by atoms with Gasteiger partial charge in [-0.2, -0.15) is 0 Å². The largest absolute Gasteiger partial charge is 0.507 e. The highest BCUT2D eigenvalue weighted by Crippen LogP contribution is 2.36. The van der Waals surface area contributed by atoms with Crippen LogP contribution < -0.4 is 0 Å². The number of phenolic OH excluding ortho intramolecular Hbond substituents is 1. The molecule has 2 rings (SSSR count). The quantitative estimate of drug-likeness (QED) is 0.813. The van der Waals surface area contributed by atoms with Crippen molar-refractivity contribution >= 4 is 28.5 Å². The van der Waals surface area contributed by atoms with Crippen LogP contribution in [0, 0.1) is 0 Å². The average Bonchev–Trinajstić information content (AvgIpc) is 2.40. The van der Waals surface area contributed by atoms with Gasteiger partial charge >= 0.3 is 5.97 Å². The molecule has 0 saturated carbocycles. The minimum atomic E-state index is -0.761. The standard InChI is InChI=1S/C15H16O3S/c1-10(6-9-15(17)18)19-14-8-7-13(16)11-4-2-3-5-12(11)14/h2-5,7-8,10,16H,6,9H2,1H3,(H,17,18). The third-order valence-electron chi connectivity index (χ3n) is 2.95. The van der Waals surface area contributed by atoms with E-state index in [9.17, 15) is 9.90 Å². The van der Waals surface area contributed by atoms with Gasteiger partial charge in [0, 0.05) is 22.0 Å². The lowest BCUT2D eigenvalue weighted by Crippen LogP contribution is -2.02. The Labute approximate surface area is 116 Å². The van der Waals surface area contributed by atoms with E-state index >= 15 is 0 Å². The zero-order valence-electron chi connectivity index (χ0n) is 10.7. The number of fused-ring (bicyclic) bond motifs is 1. The lowest BCUT2D eigenvalue weighted by Gasteiger charge is -2.12. The molecule has 0 spiro atoms. The van der Waals surface area contributed by atoms with Crippen LogP contribution in [0.4, 0.5) is 0 Å². The lowest BCUT2D eigenvalue weighted by molar-refractivity contribution is -0.137. The number of hydrogen-bond donors (Lipinski definition) is 2. The van der Waals surface area contributed by atoms with Gasteiger partial charge in [0.25, 0.3) is 0 Å². The summed E-state index contributed by atoms with van der Waals surface area (Å²) in [5.41, 5.74) is 0. The molecular weight excluding hydrogens is 260 g/mol. The molecule has 0 amide bonds. The zero-order valence-corrected chi connectivity index (χ0v) is 11.5. The summed E-state index contributed by atoms with van der Waals surface area (Å²) in [5.74, 6) is -0.485. The molecule has 2 aromatic carbocycles. The van der Waals surface area contributed by atoms with Crippen molar-refractivity contribution in [2.24, 2.45) is 0 Å². The molecule has 3 nitrogen and oxygen atoms in total. The molecule has 2 aromatic rings. The highest BCUT2D eigenvalue weighted by molar-refractivity contribution is 8.00. The minimum absolute atomic E-state index is 0.185. The molecule has 0 aromatic heterocycles. The van der Waals surface area contributed by atoms with Crippen LogP contribution in [0.2, 0.25) is 0 Å². The van der Waals surface area contributed by atoms with Gasteiger partial charge in [-0.25, -0.2) is 0 Å². The number of aromatic hydroxyl groups is 1. The summed E-state index contributed by atoms with van der Waals surface area (Å²) >= 11 is 1.65. The Hall–Kier alpha value is -1.68. The Morgan fingerprint density at radius 2 is 1.89 bits per heavy atom. The second-order valence-electron chi connectivity index (χ2n) is 4.49. The van der Waals surface area contributed by atoms with Crippen LogP contribution in [0.3, 0.4) is 0 Å². The Kier molecular flexibility index (Phi) is 4.32. The number of thioether (sulfide) groups is 1. The Balaban J connectivity index is 2.21. The van der Waals surface area contributed by atoms with Gasteiger partial charge in [-0.3, -0.25) is 4.79 Å². The van der Waals surface area contributed by atoms with Crippen molar-refractivity contribution in [1.82, 2.24) is 0 Å². The normalized spacial score (nSPS) is 12.5. The number of phenols is 1. The molecule has 0 heterocycles. The first-order chi connectivity index (χ1) is 9.08. The Morgan fingerprint density at radius 3 is 2.58 bits per heavy atom. The SMILES string of the molecule is CC(CCC(=O)O)Sc1ccc(O)c2ccccc12. The van der Waals surface area contributed by atoms with Crippen molar-refractivity contribution in [3.8, 4) is 5.75 Å². The second-order valence-corrected chi connectivity index (χ2v) is 5.97. The molecule has 19 heavy (non-hydrogen) atoms. The van der Waals surface area contributed by atoms with Crippen molar-refractivity contribution in [3.63, 3.8) is 0 Å². The van der Waals surface area contributed by atoms with Crippen molar-refractivity contribution in [2.45, 2.75) is 29.9 Å². The third kappa shape index (κ3) is 3.41. The van der Waals surface area contributed by atoms with E-state index in [0.29, 0.717) is 6.42 Å². The highest BCUT2D eigenvalue weighted by atomic mass is 32.2. The van der Waals surface area contributed by atoms with Gasteiger partial charge in [0.1, 0.15) is 5.75 Å². The van der Waals surface area contributed by atoms with Crippen LogP contribution in [-0.2, 0) is 4.79 Å². The van der Waals surface area contributed by atoms with Gasteiger partial charge in [0.2, 0.25) is 0 Å². The topological polar surface area (TPSA) is 57.5 Å². The van der Waals surface area contributed by atoms with E-state index < -0.39 is 5.97 Å². The summed E-state index contributed by atoms with van der Waals surface area (Å²) < 4.78 is 0. The summed E-state index contributed by atoms with van der Waals surface area (Å²) in [6, 6.07) is 11.3. The number of hydrogen-bond acceptors (Lipinski definition) is 3. The molecule has 2 N–H and O–H groups in total. The van der Waals surface area contributed by atoms with Gasteiger partial charge in [0.15, 0.2) is 0 Å². The fourth-order valence-corrected chi connectivity index (χ4v) is 3.08. The van der Waals surface area contributed by atoms with Crippen LogP contribution in [0.1, 0.15) is 19.8 Å². The van der Waals surface area contributed by atoms with Crippen LogP contribution in [-0.4, -0.2) is 21.4 Å². The van der Waals surface area contributed by atoms with Crippen LogP contribution in [0.25, 0.3) is 10.8 Å². The maximum Gasteiger partial charge on any atom is 0.303 e. The molecule has 0 aliphatic carbocycles. The van der Waals surface area contributed by atoms with Crippen LogP contribution in [0.15, 0.2) is 41.3 Å². The van der Waals surface area contributed by atoms with E-state index in [1.807, 2.05) is 37.3 Å². The summed E-state index contributed by atoms with van der Waals surface area (Å²) in [5, 5.41) is 20.6. The molecule has 4 heteroatoms. The molecule has 0 bridgehead atoms. The summed E-state index contributed by atoms with van der Waals surface area (Å²) in [7, 11) is 0. The van der Waals surface area contributed by atoms with Gasteiger partial charge in [-0.05, 0) is 23.9 Å². The number of carboxylic acid groups (broad SMARTS) is 1. The van der Waals surface area contributed by atoms with E-state index in [-0.39, 0.29) is 17.4 Å². The van der Waals surface area contributed by atoms with Crippen molar-refractivity contribution in [2.75, 3.05) is 0 Å². The number of rotatable bonds is 5. The molecule has 0 aliphatic heterocycles. The Morgan fingerprint density at radius 1 is 1.21 bits per heavy atom. The maximum atomic E-state index is 10.6. The smallest absolute Gasteiger partial charge is 0.303 e. The number of benzene rings is 2. The number of carbonyl (C=O) groups is 1. The molecule has 1 unspecified atom stereocenters. The summed E-state index contributed by atoms with van der Waals surface area (Å²) in [4.78, 5) is 11.6. The molecule has 0 saturated heterocycles. The predicted molar refractivity (Wildman–Crippen MR) is 77.8 cm³/mol. The second kappa shape index (κ2) is 5.97. The van der Waals surface area contributed by atoms with Crippen LogP contribution >= 0.6 is 11.8 Å². The summed E-state index contributed by atoms with van der Waals surface area (Å²) in [6.45, 7) is 2.02. The number of aliphatic carboxylic acids is 1. The van der Waals surface area contributed by atoms with Gasteiger partial charge in [-0.1, -0.05) is 31.2 Å². The average molecular weight is 276 g/mol.